The lowest BCUT2D eigenvalue weighted by atomic mass is 9.96. The summed E-state index contributed by atoms with van der Waals surface area (Å²) < 4.78 is 10.6. The highest BCUT2D eigenvalue weighted by Gasteiger charge is 2.25. The molecule has 0 saturated carbocycles. The second-order valence-corrected chi connectivity index (χ2v) is 7.87. The molecular weight excluding hydrogens is 462 g/mol. The van der Waals surface area contributed by atoms with Crippen LogP contribution in [0.1, 0.15) is 28.9 Å². The summed E-state index contributed by atoms with van der Waals surface area (Å²) in [5.74, 6) is -1.50. The predicted octanol–water partition coefficient (Wildman–Crippen LogP) is 4.42. The third-order valence-corrected chi connectivity index (χ3v) is 5.26. The summed E-state index contributed by atoms with van der Waals surface area (Å²) in [4.78, 5) is 37.3. The molecule has 3 aromatic carbocycles. The van der Waals surface area contributed by atoms with Crippen LogP contribution in [-0.4, -0.2) is 30.1 Å². The molecule has 2 atom stereocenters. The van der Waals surface area contributed by atoms with Gasteiger partial charge >= 0.3 is 6.09 Å². The minimum absolute atomic E-state index is 0.155. The molecule has 3 aromatic rings. The predicted molar refractivity (Wildman–Crippen MR) is 136 cm³/mol. The number of hydrogen-bond donors (Lipinski definition) is 4. The molecular formula is C27H27N3O6. The van der Waals surface area contributed by atoms with Crippen LogP contribution >= 0.6 is 0 Å². The van der Waals surface area contributed by atoms with E-state index in [0.717, 1.165) is 0 Å². The maximum atomic E-state index is 12.6. The lowest BCUT2D eigenvalue weighted by Crippen LogP contribution is -2.33. The van der Waals surface area contributed by atoms with Crippen LogP contribution in [0.15, 0.2) is 84.9 Å². The highest BCUT2D eigenvalue weighted by atomic mass is 16.6. The molecule has 9 heteroatoms. The smallest absolute Gasteiger partial charge is 0.414 e. The van der Waals surface area contributed by atoms with Crippen molar-refractivity contribution in [1.82, 2.24) is 5.32 Å². The summed E-state index contributed by atoms with van der Waals surface area (Å²) in [6, 6.07) is 19.6. The van der Waals surface area contributed by atoms with Gasteiger partial charge in [-0.25, -0.2) is 4.79 Å². The summed E-state index contributed by atoms with van der Waals surface area (Å²) >= 11 is 0. The Labute approximate surface area is 208 Å². The number of methoxy groups -OCH3 is 1. The van der Waals surface area contributed by atoms with Gasteiger partial charge < -0.3 is 25.6 Å². The lowest BCUT2D eigenvalue weighted by molar-refractivity contribution is -0.111. The molecule has 3 amide bonds. The highest BCUT2D eigenvalue weighted by Crippen LogP contribution is 2.34. The number of hydrogen-bond acceptors (Lipinski definition) is 7. The van der Waals surface area contributed by atoms with Crippen LogP contribution in [0.2, 0.25) is 0 Å². The summed E-state index contributed by atoms with van der Waals surface area (Å²) in [5, 5.41) is 15.1. The Morgan fingerprint density at radius 3 is 2.36 bits per heavy atom. The van der Waals surface area contributed by atoms with Crippen molar-refractivity contribution in [1.29, 1.82) is 0 Å². The first-order valence-electron chi connectivity index (χ1n) is 11.1. The van der Waals surface area contributed by atoms with Gasteiger partial charge in [0.05, 0.1) is 18.5 Å². The third kappa shape index (κ3) is 6.86. The molecule has 0 aliphatic rings. The van der Waals surface area contributed by atoms with Crippen molar-refractivity contribution in [2.24, 2.45) is 5.92 Å². The quantitative estimate of drug-likeness (QED) is 0.271. The Hall–Kier alpha value is -4.79. The van der Waals surface area contributed by atoms with Crippen molar-refractivity contribution in [3.05, 3.63) is 96.1 Å². The van der Waals surface area contributed by atoms with E-state index >= 15 is 0 Å². The van der Waals surface area contributed by atoms with E-state index in [4.69, 9.17) is 15.2 Å². The molecule has 0 fully saturated rings. The van der Waals surface area contributed by atoms with Crippen molar-refractivity contribution in [3.8, 4) is 11.5 Å². The number of rotatable bonds is 8. The summed E-state index contributed by atoms with van der Waals surface area (Å²) in [7, 11) is 1.41. The number of nitrogen functional groups attached to an aromatic ring is 1. The van der Waals surface area contributed by atoms with Gasteiger partial charge in [0.2, 0.25) is 5.91 Å². The molecule has 0 radical (unpaired) electrons. The Morgan fingerprint density at radius 1 is 1.00 bits per heavy atom. The lowest BCUT2D eigenvalue weighted by Gasteiger charge is -2.23. The number of amides is 3. The van der Waals surface area contributed by atoms with Crippen molar-refractivity contribution < 1.29 is 29.0 Å². The minimum atomic E-state index is -0.981. The van der Waals surface area contributed by atoms with Gasteiger partial charge in [0.1, 0.15) is 6.10 Å². The molecule has 0 heterocycles. The standard InChI is InChI=1S/C27H27N3O6/c1-17(12-15-24(32)29-21-11-7-6-10-20(21)28)25(19-13-14-23(35-2)22(31)16-19)36-27(34)30-26(33)18-8-4-3-5-9-18/h3-17,25,31H,28H2,1-2H3,(H,29,32)(H,30,33,34)/b15-12+/t17-,25+/m0/s1. The zero-order chi connectivity index (χ0) is 26.1. The zero-order valence-electron chi connectivity index (χ0n) is 19.8. The second-order valence-electron chi connectivity index (χ2n) is 7.87. The Kier molecular flexibility index (Phi) is 8.66. The van der Waals surface area contributed by atoms with E-state index in [9.17, 15) is 19.5 Å². The van der Waals surface area contributed by atoms with E-state index in [-0.39, 0.29) is 17.1 Å². The van der Waals surface area contributed by atoms with Gasteiger partial charge in [-0.1, -0.05) is 49.4 Å². The average molecular weight is 490 g/mol. The monoisotopic (exact) mass is 489 g/mol. The van der Waals surface area contributed by atoms with Crippen LogP contribution in [-0.2, 0) is 9.53 Å². The van der Waals surface area contributed by atoms with Crippen molar-refractivity contribution in [2.45, 2.75) is 13.0 Å². The first-order chi connectivity index (χ1) is 17.3. The third-order valence-electron chi connectivity index (χ3n) is 5.26. The van der Waals surface area contributed by atoms with Gasteiger partial charge in [-0.3, -0.25) is 14.9 Å². The zero-order valence-corrected chi connectivity index (χ0v) is 19.8. The fourth-order valence-electron chi connectivity index (χ4n) is 3.39. The molecule has 36 heavy (non-hydrogen) atoms. The maximum absolute atomic E-state index is 12.6. The molecule has 0 aliphatic carbocycles. The van der Waals surface area contributed by atoms with E-state index < -0.39 is 29.9 Å². The summed E-state index contributed by atoms with van der Waals surface area (Å²) in [6.45, 7) is 1.72. The number of ether oxygens (including phenoxy) is 2. The Morgan fingerprint density at radius 2 is 1.69 bits per heavy atom. The van der Waals surface area contributed by atoms with Crippen LogP contribution < -0.4 is 21.1 Å². The molecule has 0 saturated heterocycles. The number of carbonyl (C=O) groups excluding carboxylic acids is 3. The van der Waals surface area contributed by atoms with Gasteiger partial charge in [-0.15, -0.1) is 0 Å². The summed E-state index contributed by atoms with van der Waals surface area (Å²) in [5.41, 5.74) is 7.46. The summed E-state index contributed by atoms with van der Waals surface area (Å²) in [6.07, 6.45) is 0.915. The highest BCUT2D eigenvalue weighted by molar-refractivity contribution is 6.03. The van der Waals surface area contributed by atoms with Gasteiger partial charge in [-0.2, -0.15) is 0 Å². The van der Waals surface area contributed by atoms with E-state index in [1.807, 2.05) is 0 Å². The Balaban J connectivity index is 1.77. The fourth-order valence-corrected chi connectivity index (χ4v) is 3.39. The van der Waals surface area contributed by atoms with Gasteiger partial charge in [0.15, 0.2) is 11.5 Å². The number of phenolic OH excluding ortho intramolecular Hbond substituents is 1. The molecule has 0 unspecified atom stereocenters. The van der Waals surface area contributed by atoms with Gasteiger partial charge in [0.25, 0.3) is 5.91 Å². The normalized spacial score (nSPS) is 12.4. The molecule has 186 valence electrons. The minimum Gasteiger partial charge on any atom is -0.504 e. The molecule has 0 aromatic heterocycles. The number of nitrogens with one attached hydrogen (secondary N) is 2. The topological polar surface area (TPSA) is 140 Å². The van der Waals surface area contributed by atoms with E-state index in [0.29, 0.717) is 16.9 Å². The number of alkyl carbamates (subject to hydrolysis) is 1. The van der Waals surface area contributed by atoms with Gasteiger partial charge in [-0.05, 0) is 48.0 Å². The molecule has 0 aliphatic heterocycles. The number of imide groups is 1. The van der Waals surface area contributed by atoms with Crippen LogP contribution in [0, 0.1) is 5.92 Å². The molecule has 3 rings (SSSR count). The largest absolute Gasteiger partial charge is 0.504 e. The Bertz CT molecular complexity index is 1260. The van der Waals surface area contributed by atoms with E-state index in [1.54, 1.807) is 73.7 Å². The molecule has 5 N–H and O–H groups in total. The number of phenols is 1. The van der Waals surface area contributed by atoms with Crippen LogP contribution in [0.5, 0.6) is 11.5 Å². The SMILES string of the molecule is COc1ccc([C@H](OC(=O)NC(=O)c2ccccc2)[C@@H](C)/C=C/C(=O)Nc2ccccc2N)cc1O. The van der Waals surface area contributed by atoms with Crippen LogP contribution in [0.4, 0.5) is 16.2 Å². The molecule has 9 nitrogen and oxygen atoms in total. The van der Waals surface area contributed by atoms with E-state index in [1.165, 1.54) is 25.3 Å². The fraction of sp³-hybridized carbons (Fsp3) is 0.148. The number of nitrogens with two attached hydrogens (primary N) is 1. The first-order valence-corrected chi connectivity index (χ1v) is 11.1. The first kappa shape index (κ1) is 25.8. The number of anilines is 2. The second kappa shape index (κ2) is 12.1. The number of para-hydroxylation sites is 2. The van der Waals surface area contributed by atoms with E-state index in [2.05, 4.69) is 10.6 Å². The molecule has 0 bridgehead atoms. The number of carbonyl (C=O) groups is 3. The van der Waals surface area contributed by atoms with Crippen molar-refractivity contribution >= 4 is 29.3 Å². The number of benzene rings is 3. The number of aromatic hydroxyl groups is 1. The van der Waals surface area contributed by atoms with Gasteiger partial charge in [0, 0.05) is 11.5 Å². The van der Waals surface area contributed by atoms with Crippen molar-refractivity contribution in [2.75, 3.05) is 18.2 Å². The maximum Gasteiger partial charge on any atom is 0.414 e. The molecule has 0 spiro atoms. The average Bonchev–Trinajstić information content (AvgIpc) is 2.87. The van der Waals surface area contributed by atoms with Crippen LogP contribution in [0.3, 0.4) is 0 Å². The van der Waals surface area contributed by atoms with Crippen LogP contribution in [0.25, 0.3) is 0 Å². The van der Waals surface area contributed by atoms with Crippen molar-refractivity contribution in [3.63, 3.8) is 0 Å².